The Labute approximate surface area is 190 Å². The van der Waals surface area contributed by atoms with Crippen LogP contribution in [0.5, 0.6) is 0 Å². The number of methoxy groups -OCH3 is 2. The van der Waals surface area contributed by atoms with E-state index in [1.54, 1.807) is 14.2 Å². The molecule has 0 radical (unpaired) electrons. The number of Topliss-reactive ketones (excluding diaryl/α,β-unsaturated/α-hetero) is 1. The van der Waals surface area contributed by atoms with E-state index in [-0.39, 0.29) is 32.5 Å². The fraction of sp³-hybridized carbons (Fsp3) is 0.542. The molecule has 29 heavy (non-hydrogen) atoms. The van der Waals surface area contributed by atoms with E-state index in [0.717, 1.165) is 12.0 Å². The van der Waals surface area contributed by atoms with Crippen LogP contribution in [0, 0.1) is 0 Å². The van der Waals surface area contributed by atoms with Gasteiger partial charge in [0, 0.05) is 14.2 Å². The Bertz CT molecular complexity index is 533. The van der Waals surface area contributed by atoms with Crippen molar-refractivity contribution in [1.29, 1.82) is 0 Å². The van der Waals surface area contributed by atoms with Crippen LogP contribution in [-0.4, -0.2) is 35.4 Å². The van der Waals surface area contributed by atoms with Crippen molar-refractivity contribution in [1.82, 2.24) is 0 Å². The minimum atomic E-state index is -0.228. The van der Waals surface area contributed by atoms with Gasteiger partial charge in [-0.2, -0.15) is 30.3 Å². The third-order valence-corrected chi connectivity index (χ3v) is 6.96. The molecule has 3 nitrogen and oxygen atoms in total. The van der Waals surface area contributed by atoms with Crippen LogP contribution >= 0.6 is 0 Å². The first-order valence-electron chi connectivity index (χ1n) is 10.7. The maximum Gasteiger partial charge on any atom is 2.00 e. The summed E-state index contributed by atoms with van der Waals surface area (Å²) in [5.41, 5.74) is 0.873. The van der Waals surface area contributed by atoms with Gasteiger partial charge in [-0.05, 0) is 12.8 Å². The summed E-state index contributed by atoms with van der Waals surface area (Å²) in [5, 5.41) is 0. The van der Waals surface area contributed by atoms with Gasteiger partial charge in [-0.25, -0.2) is 24.3 Å². The van der Waals surface area contributed by atoms with Crippen molar-refractivity contribution in [2.24, 2.45) is 0 Å². The predicted molar refractivity (Wildman–Crippen MR) is 121 cm³/mol. The van der Waals surface area contributed by atoms with Crippen LogP contribution in [0.15, 0.2) is 54.6 Å². The van der Waals surface area contributed by atoms with E-state index in [0.29, 0.717) is 12.2 Å². The molecule has 0 aliphatic rings. The standard InChI is InChI=1S/C19H33O3Si.C5H5.Fe/c1-21-19(22-2)23-16-12-8-6-4-3-5-7-9-15-18(20)17-13-10-11-14-17;1-2-4-5-3-1;/h10-11,13-14,19H,3-9,12,15-16,23H2,1-2H3;1-5H;/q2*-1;+2. The Morgan fingerprint density at radius 3 is 1.86 bits per heavy atom. The summed E-state index contributed by atoms with van der Waals surface area (Å²) in [6, 6.07) is 19.0. The molecular formula is C24H38FeO3Si. The smallest absolute Gasteiger partial charge is 0.360 e. The number of unbranched alkanes of at least 4 members (excludes halogenated alkanes) is 7. The number of ketones is 1. The van der Waals surface area contributed by atoms with Crippen LogP contribution < -0.4 is 0 Å². The molecule has 0 bridgehead atoms. The first kappa shape index (κ1) is 28.0. The van der Waals surface area contributed by atoms with E-state index in [4.69, 9.17) is 9.47 Å². The zero-order valence-corrected chi connectivity index (χ0v) is 20.6. The second-order valence-corrected chi connectivity index (χ2v) is 9.13. The topological polar surface area (TPSA) is 35.5 Å². The second kappa shape index (κ2) is 20.3. The quantitative estimate of drug-likeness (QED) is 0.114. The third kappa shape index (κ3) is 15.5. The second-order valence-electron chi connectivity index (χ2n) is 7.18. The minimum Gasteiger partial charge on any atom is -0.360 e. The summed E-state index contributed by atoms with van der Waals surface area (Å²) in [5.74, 6) is 0.399. The van der Waals surface area contributed by atoms with Crippen LogP contribution in [-0.2, 0) is 26.5 Å². The van der Waals surface area contributed by atoms with Crippen molar-refractivity contribution in [3.8, 4) is 0 Å². The van der Waals surface area contributed by atoms with E-state index >= 15 is 0 Å². The number of ether oxygens (including phenoxy) is 2. The van der Waals surface area contributed by atoms with Gasteiger partial charge in [0.15, 0.2) is 0 Å². The van der Waals surface area contributed by atoms with Gasteiger partial charge in [0.1, 0.15) is 11.7 Å². The molecule has 0 heterocycles. The Morgan fingerprint density at radius 1 is 0.862 bits per heavy atom. The van der Waals surface area contributed by atoms with Gasteiger partial charge in [-0.1, -0.05) is 56.6 Å². The zero-order chi connectivity index (χ0) is 20.3. The van der Waals surface area contributed by atoms with Gasteiger partial charge in [-0.15, -0.1) is 0 Å². The maximum atomic E-state index is 11.8. The predicted octanol–water partition coefficient (Wildman–Crippen LogP) is 5.67. The monoisotopic (exact) mass is 458 g/mol. The molecule has 0 amide bonds. The van der Waals surface area contributed by atoms with Crippen LogP contribution in [0.4, 0.5) is 0 Å². The normalized spacial score (nSPS) is 10.7. The molecule has 0 saturated heterocycles. The van der Waals surface area contributed by atoms with E-state index in [1.165, 1.54) is 51.0 Å². The fourth-order valence-corrected chi connectivity index (χ4v) is 4.64. The average molecular weight is 458 g/mol. The van der Waals surface area contributed by atoms with Gasteiger partial charge < -0.3 is 14.3 Å². The van der Waals surface area contributed by atoms with Crippen molar-refractivity contribution in [2.45, 2.75) is 69.7 Å². The van der Waals surface area contributed by atoms with Gasteiger partial charge in [0.25, 0.3) is 0 Å². The molecule has 0 saturated carbocycles. The molecule has 0 N–H and O–H groups in total. The summed E-state index contributed by atoms with van der Waals surface area (Å²) in [4.78, 5) is 11.8. The van der Waals surface area contributed by atoms with Crippen LogP contribution in [0.2, 0.25) is 6.04 Å². The Balaban J connectivity index is 0.00000113. The maximum absolute atomic E-state index is 11.8. The molecular weight excluding hydrogens is 420 g/mol. The number of rotatable bonds is 15. The van der Waals surface area contributed by atoms with E-state index < -0.39 is 0 Å². The zero-order valence-electron chi connectivity index (χ0n) is 18.1. The average Bonchev–Trinajstić information content (AvgIpc) is 3.45. The van der Waals surface area contributed by atoms with Gasteiger partial charge >= 0.3 is 17.1 Å². The summed E-state index contributed by atoms with van der Waals surface area (Å²) in [7, 11) is 3.23. The van der Waals surface area contributed by atoms with Crippen molar-refractivity contribution in [3.05, 3.63) is 60.2 Å². The van der Waals surface area contributed by atoms with Gasteiger partial charge in [0.05, 0.1) is 9.52 Å². The molecule has 0 atom stereocenters. The van der Waals surface area contributed by atoms with E-state index in [1.807, 2.05) is 54.6 Å². The minimum absolute atomic E-state index is 0. The van der Waals surface area contributed by atoms with Crippen molar-refractivity contribution < 1.29 is 31.3 Å². The van der Waals surface area contributed by atoms with Crippen LogP contribution in [0.25, 0.3) is 0 Å². The number of carbonyl (C=O) groups excluding carboxylic acids is 1. The Morgan fingerprint density at radius 2 is 1.38 bits per heavy atom. The third-order valence-electron chi connectivity index (χ3n) is 4.91. The number of hydrogen-bond acceptors (Lipinski definition) is 3. The molecule has 2 aromatic carbocycles. The molecule has 0 spiro atoms. The number of hydrogen-bond donors (Lipinski definition) is 0. The molecule has 0 aromatic heterocycles. The summed E-state index contributed by atoms with van der Waals surface area (Å²) in [6.45, 7) is 0. The van der Waals surface area contributed by atoms with E-state index in [9.17, 15) is 4.79 Å². The van der Waals surface area contributed by atoms with Crippen molar-refractivity contribution in [3.63, 3.8) is 0 Å². The van der Waals surface area contributed by atoms with E-state index in [2.05, 4.69) is 0 Å². The summed E-state index contributed by atoms with van der Waals surface area (Å²) in [6.07, 6.45) is 10.8. The first-order chi connectivity index (χ1) is 13.8. The SMILES string of the molecule is COC(OC)[SiH2]CCCCCCCCCCC(=O)[c-]1cccc1.[Fe+2].c1cc[cH-]c1. The molecule has 0 unspecified atom stereocenters. The molecule has 5 heteroatoms. The first-order valence-corrected chi connectivity index (χ1v) is 12.6. The van der Waals surface area contributed by atoms with Crippen molar-refractivity contribution >= 4 is 15.3 Å². The Hall–Kier alpha value is -0.974. The molecule has 2 rings (SSSR count). The van der Waals surface area contributed by atoms with Crippen LogP contribution in [0.1, 0.15) is 68.1 Å². The molecule has 0 aliphatic carbocycles. The molecule has 164 valence electrons. The van der Waals surface area contributed by atoms with Gasteiger partial charge in [-0.3, -0.25) is 0 Å². The molecule has 0 aliphatic heterocycles. The summed E-state index contributed by atoms with van der Waals surface area (Å²) < 4.78 is 10.5. The summed E-state index contributed by atoms with van der Waals surface area (Å²) >= 11 is 0. The van der Waals surface area contributed by atoms with Gasteiger partial charge in [0.2, 0.25) is 0 Å². The van der Waals surface area contributed by atoms with Crippen molar-refractivity contribution in [2.75, 3.05) is 14.2 Å². The number of carbonyl (C=O) groups is 1. The largest absolute Gasteiger partial charge is 2.00 e. The molecule has 0 fully saturated rings. The van der Waals surface area contributed by atoms with Crippen LogP contribution in [0.3, 0.4) is 0 Å². The Kier molecular flexibility index (Phi) is 19.6. The molecule has 2 aromatic rings. The fourth-order valence-electron chi connectivity index (χ4n) is 3.19.